The minimum absolute atomic E-state index is 0.599. The van der Waals surface area contributed by atoms with Gasteiger partial charge < -0.3 is 20.0 Å². The molecule has 0 spiro atoms. The van der Waals surface area contributed by atoms with E-state index >= 15 is 0 Å². The van der Waals surface area contributed by atoms with Crippen molar-refractivity contribution in [2.45, 2.75) is 0 Å². The topological polar surface area (TPSA) is 58.5 Å². The van der Waals surface area contributed by atoms with E-state index in [0.29, 0.717) is 11.6 Å². The number of hydrogen-bond donors (Lipinski definition) is 1. The molecule has 0 aliphatic carbocycles. The van der Waals surface area contributed by atoms with E-state index in [9.17, 15) is 0 Å². The van der Waals surface area contributed by atoms with E-state index in [0.717, 1.165) is 50.8 Å². The Balaban J connectivity index is 1.32. The summed E-state index contributed by atoms with van der Waals surface area (Å²) in [7, 11) is 0. The highest BCUT2D eigenvalue weighted by atomic mass is 16.3. The van der Waals surface area contributed by atoms with Crippen LogP contribution >= 0.6 is 0 Å². The van der Waals surface area contributed by atoms with Crippen molar-refractivity contribution in [1.29, 1.82) is 0 Å². The number of nitrogens with two attached hydrogens (primary N) is 1. The molecule has 7 aromatic rings. The van der Waals surface area contributed by atoms with Gasteiger partial charge in [-0.2, -0.15) is 0 Å². The van der Waals surface area contributed by atoms with Crippen molar-refractivity contribution in [1.82, 2.24) is 4.98 Å². The molecule has 0 fully saturated rings. The van der Waals surface area contributed by atoms with Crippen LogP contribution in [0.2, 0.25) is 0 Å². The van der Waals surface area contributed by atoms with Crippen LogP contribution in [-0.4, -0.2) is 4.98 Å². The fourth-order valence-corrected chi connectivity index (χ4v) is 5.23. The van der Waals surface area contributed by atoms with Gasteiger partial charge in [-0.1, -0.05) is 60.7 Å². The molecule has 5 nitrogen and oxygen atoms in total. The predicted octanol–water partition coefficient (Wildman–Crippen LogP) is 10.0. The van der Waals surface area contributed by atoms with Gasteiger partial charge in [0, 0.05) is 45.4 Å². The molecule has 0 aliphatic rings. The van der Waals surface area contributed by atoms with Gasteiger partial charge in [-0.15, -0.1) is 0 Å². The summed E-state index contributed by atoms with van der Waals surface area (Å²) in [5.74, 6) is 0.599. The van der Waals surface area contributed by atoms with E-state index in [1.165, 1.54) is 0 Å². The van der Waals surface area contributed by atoms with Gasteiger partial charge in [-0.25, -0.2) is 4.98 Å². The van der Waals surface area contributed by atoms with Crippen molar-refractivity contribution < 1.29 is 4.42 Å². The Kier molecular flexibility index (Phi) is 6.59. The Morgan fingerprint density at radius 2 is 0.952 bits per heavy atom. The molecule has 2 N–H and O–H groups in total. The number of nitrogen functional groups attached to an aromatic ring is 1. The first-order valence-electron chi connectivity index (χ1n) is 13.8. The molecule has 42 heavy (non-hydrogen) atoms. The highest BCUT2D eigenvalue weighted by Crippen LogP contribution is 2.41. The number of anilines is 7. The van der Waals surface area contributed by atoms with Gasteiger partial charge in [-0.3, -0.25) is 0 Å². The van der Waals surface area contributed by atoms with Gasteiger partial charge in [0.1, 0.15) is 5.52 Å². The quantitative estimate of drug-likeness (QED) is 0.202. The van der Waals surface area contributed by atoms with Gasteiger partial charge in [0.15, 0.2) is 5.58 Å². The van der Waals surface area contributed by atoms with Crippen molar-refractivity contribution in [3.8, 4) is 11.5 Å². The lowest BCUT2D eigenvalue weighted by molar-refractivity contribution is 0.620. The Bertz CT molecular complexity index is 1880. The molecule has 7 rings (SSSR count). The van der Waals surface area contributed by atoms with Crippen molar-refractivity contribution in [2.24, 2.45) is 0 Å². The Hall–Kier alpha value is -5.81. The number of fused-ring (bicyclic) bond motifs is 1. The number of nitrogens with zero attached hydrogens (tertiary/aromatic N) is 3. The van der Waals surface area contributed by atoms with Crippen molar-refractivity contribution >= 4 is 50.9 Å². The van der Waals surface area contributed by atoms with E-state index in [4.69, 9.17) is 10.2 Å². The summed E-state index contributed by atoms with van der Waals surface area (Å²) in [5, 5.41) is 0. The first-order valence-corrected chi connectivity index (χ1v) is 13.8. The molecular formula is C37H28N4O. The molecule has 6 aromatic carbocycles. The van der Waals surface area contributed by atoms with E-state index in [-0.39, 0.29) is 0 Å². The summed E-state index contributed by atoms with van der Waals surface area (Å²) in [6.45, 7) is 0. The van der Waals surface area contributed by atoms with E-state index in [1.807, 2.05) is 66.7 Å². The normalized spacial score (nSPS) is 11.0. The van der Waals surface area contributed by atoms with Crippen LogP contribution in [0.25, 0.3) is 22.6 Å². The zero-order valence-corrected chi connectivity index (χ0v) is 22.8. The summed E-state index contributed by atoms with van der Waals surface area (Å²) >= 11 is 0. The molecule has 0 aliphatic heterocycles. The second kappa shape index (κ2) is 11.0. The molecule has 0 radical (unpaired) electrons. The number of hydrogen-bond acceptors (Lipinski definition) is 5. The standard InChI is InChI=1S/C37H28N4O/c38-28-11-9-16-32(25-28)41(31-23-21-27(22-24-31)37-39-35-19-7-8-20-36(35)42-37)34-18-10-17-33(26-34)40(29-12-3-1-4-13-29)30-14-5-2-6-15-30/h1-26H,38H2. The molecule has 202 valence electrons. The number of oxazole rings is 1. The van der Waals surface area contributed by atoms with E-state index in [1.54, 1.807) is 0 Å². The average molecular weight is 545 g/mol. The second-order valence-corrected chi connectivity index (χ2v) is 9.99. The molecule has 0 unspecified atom stereocenters. The molecule has 0 amide bonds. The lowest BCUT2D eigenvalue weighted by Gasteiger charge is -2.29. The largest absolute Gasteiger partial charge is 0.436 e. The maximum absolute atomic E-state index is 6.26. The highest BCUT2D eigenvalue weighted by molar-refractivity contribution is 5.84. The third-order valence-electron chi connectivity index (χ3n) is 7.17. The summed E-state index contributed by atoms with van der Waals surface area (Å²) in [5.41, 5.74) is 15.7. The summed E-state index contributed by atoms with van der Waals surface area (Å²) in [6.07, 6.45) is 0. The van der Waals surface area contributed by atoms with Crippen molar-refractivity contribution in [2.75, 3.05) is 15.5 Å². The molecule has 0 atom stereocenters. The van der Waals surface area contributed by atoms with Gasteiger partial charge in [0.25, 0.3) is 0 Å². The predicted molar refractivity (Wildman–Crippen MR) is 173 cm³/mol. The average Bonchev–Trinajstić information content (AvgIpc) is 3.48. The molecule has 0 saturated heterocycles. The molecular weight excluding hydrogens is 516 g/mol. The minimum atomic E-state index is 0.599. The fraction of sp³-hybridized carbons (Fsp3) is 0. The third kappa shape index (κ3) is 4.95. The van der Waals surface area contributed by atoms with Crippen LogP contribution in [0.5, 0.6) is 0 Å². The van der Waals surface area contributed by atoms with E-state index in [2.05, 4.69) is 106 Å². The number of rotatable bonds is 7. The summed E-state index contributed by atoms with van der Waals surface area (Å²) in [6, 6.07) is 53.4. The maximum atomic E-state index is 6.26. The van der Waals surface area contributed by atoms with Gasteiger partial charge >= 0.3 is 0 Å². The van der Waals surface area contributed by atoms with Crippen LogP contribution in [0, 0.1) is 0 Å². The third-order valence-corrected chi connectivity index (χ3v) is 7.17. The maximum Gasteiger partial charge on any atom is 0.227 e. The first kappa shape index (κ1) is 25.2. The monoisotopic (exact) mass is 544 g/mol. The van der Waals surface area contributed by atoms with Crippen LogP contribution in [0.15, 0.2) is 162 Å². The Morgan fingerprint density at radius 1 is 0.452 bits per heavy atom. The first-order chi connectivity index (χ1) is 20.7. The Morgan fingerprint density at radius 3 is 1.57 bits per heavy atom. The molecule has 0 saturated carbocycles. The second-order valence-electron chi connectivity index (χ2n) is 9.99. The summed E-state index contributed by atoms with van der Waals surface area (Å²) in [4.78, 5) is 9.15. The molecule has 0 bridgehead atoms. The molecule has 1 heterocycles. The number of para-hydroxylation sites is 4. The fourth-order valence-electron chi connectivity index (χ4n) is 5.23. The molecule has 5 heteroatoms. The van der Waals surface area contributed by atoms with Gasteiger partial charge in [0.05, 0.1) is 0 Å². The number of benzene rings is 6. The van der Waals surface area contributed by atoms with Crippen molar-refractivity contribution in [3.05, 3.63) is 158 Å². The zero-order chi connectivity index (χ0) is 28.3. The SMILES string of the molecule is Nc1cccc(N(c2ccc(-c3nc4ccccc4o3)cc2)c2cccc(N(c3ccccc3)c3ccccc3)c2)c1. The summed E-state index contributed by atoms with van der Waals surface area (Å²) < 4.78 is 6.02. The van der Waals surface area contributed by atoms with Gasteiger partial charge in [-0.05, 0) is 97.1 Å². The minimum Gasteiger partial charge on any atom is -0.436 e. The van der Waals surface area contributed by atoms with Crippen LogP contribution in [-0.2, 0) is 0 Å². The van der Waals surface area contributed by atoms with Gasteiger partial charge in [0.2, 0.25) is 5.89 Å². The highest BCUT2D eigenvalue weighted by Gasteiger charge is 2.18. The lowest BCUT2D eigenvalue weighted by Crippen LogP contribution is -2.13. The van der Waals surface area contributed by atoms with Crippen LogP contribution in [0.4, 0.5) is 39.8 Å². The van der Waals surface area contributed by atoms with Crippen molar-refractivity contribution in [3.63, 3.8) is 0 Å². The Labute approximate surface area is 244 Å². The number of aromatic nitrogens is 1. The lowest BCUT2D eigenvalue weighted by atomic mass is 10.1. The van der Waals surface area contributed by atoms with E-state index < -0.39 is 0 Å². The van der Waals surface area contributed by atoms with Crippen LogP contribution < -0.4 is 15.5 Å². The molecule has 1 aromatic heterocycles. The zero-order valence-electron chi connectivity index (χ0n) is 22.8. The smallest absolute Gasteiger partial charge is 0.227 e. The van der Waals surface area contributed by atoms with Crippen LogP contribution in [0.3, 0.4) is 0 Å². The van der Waals surface area contributed by atoms with Crippen LogP contribution in [0.1, 0.15) is 0 Å².